The number of fused-ring (bicyclic) bond motifs is 1. The van der Waals surface area contributed by atoms with Gasteiger partial charge in [-0.3, -0.25) is 4.79 Å². The highest BCUT2D eigenvalue weighted by molar-refractivity contribution is 5.77. The number of carbonyl (C=O) groups excluding carboxylic acids is 1. The summed E-state index contributed by atoms with van der Waals surface area (Å²) in [6.45, 7) is 3.77. The lowest BCUT2D eigenvalue weighted by Gasteiger charge is -2.21. The van der Waals surface area contributed by atoms with Crippen molar-refractivity contribution in [2.24, 2.45) is 0 Å². The highest BCUT2D eigenvalue weighted by atomic mass is 16.6. The Bertz CT molecular complexity index is 655. The van der Waals surface area contributed by atoms with Crippen LogP contribution in [-0.4, -0.2) is 25.7 Å². The van der Waals surface area contributed by atoms with E-state index < -0.39 is 0 Å². The van der Waals surface area contributed by atoms with Crippen molar-refractivity contribution in [3.8, 4) is 11.5 Å². The molecule has 0 saturated heterocycles. The molecule has 1 aromatic carbocycles. The van der Waals surface area contributed by atoms with Crippen LogP contribution in [0.3, 0.4) is 0 Å². The van der Waals surface area contributed by atoms with Crippen molar-refractivity contribution in [1.82, 2.24) is 10.6 Å². The van der Waals surface area contributed by atoms with Crippen LogP contribution in [0.5, 0.6) is 11.5 Å². The summed E-state index contributed by atoms with van der Waals surface area (Å²) in [5.41, 5.74) is 1.05. The minimum atomic E-state index is -0.0780. The second-order valence-corrected chi connectivity index (χ2v) is 5.36. The molecule has 1 aromatic heterocycles. The van der Waals surface area contributed by atoms with Crippen LogP contribution in [0.4, 0.5) is 0 Å². The molecule has 1 aliphatic heterocycles. The van der Waals surface area contributed by atoms with Gasteiger partial charge in [0.05, 0.1) is 19.4 Å². The second-order valence-electron chi connectivity index (χ2n) is 5.36. The summed E-state index contributed by atoms with van der Waals surface area (Å²) >= 11 is 0. The van der Waals surface area contributed by atoms with E-state index in [1.807, 2.05) is 31.2 Å². The number of benzene rings is 1. The van der Waals surface area contributed by atoms with E-state index in [9.17, 15) is 4.79 Å². The zero-order chi connectivity index (χ0) is 16.1. The average Bonchev–Trinajstić information content (AvgIpc) is 3.11. The van der Waals surface area contributed by atoms with Gasteiger partial charge in [0.2, 0.25) is 5.91 Å². The molecule has 0 saturated carbocycles. The van der Waals surface area contributed by atoms with Crippen LogP contribution < -0.4 is 20.1 Å². The van der Waals surface area contributed by atoms with Gasteiger partial charge in [-0.1, -0.05) is 6.07 Å². The molecule has 0 fully saturated rings. The number of hydrogen-bond acceptors (Lipinski definition) is 5. The summed E-state index contributed by atoms with van der Waals surface area (Å²) < 4.78 is 16.3. The van der Waals surface area contributed by atoms with Crippen LogP contribution in [0.1, 0.15) is 24.3 Å². The maximum atomic E-state index is 11.8. The standard InChI is InChI=1S/C17H20N2O4/c1-12(13-4-5-15-16(9-13)23-8-7-22-15)18-11-17(20)19-10-14-3-2-6-21-14/h2-6,9,12,18H,7-8,10-11H2,1H3,(H,19,20)/t12-/m1/s1. The number of furan rings is 1. The molecular weight excluding hydrogens is 296 g/mol. The lowest BCUT2D eigenvalue weighted by molar-refractivity contribution is -0.120. The number of rotatable bonds is 6. The third-order valence-electron chi connectivity index (χ3n) is 3.67. The summed E-state index contributed by atoms with van der Waals surface area (Å²) in [5.74, 6) is 2.18. The molecule has 1 atom stereocenters. The average molecular weight is 316 g/mol. The van der Waals surface area contributed by atoms with E-state index in [1.54, 1.807) is 12.3 Å². The molecule has 0 radical (unpaired) electrons. The van der Waals surface area contributed by atoms with Gasteiger partial charge in [0, 0.05) is 6.04 Å². The normalized spacial score (nSPS) is 14.3. The molecular formula is C17H20N2O4. The van der Waals surface area contributed by atoms with Crippen LogP contribution in [0.25, 0.3) is 0 Å². The van der Waals surface area contributed by atoms with Crippen molar-refractivity contribution < 1.29 is 18.7 Å². The first-order valence-corrected chi connectivity index (χ1v) is 7.64. The van der Waals surface area contributed by atoms with Crippen LogP contribution >= 0.6 is 0 Å². The van der Waals surface area contributed by atoms with Crippen molar-refractivity contribution in [2.45, 2.75) is 19.5 Å². The molecule has 2 heterocycles. The summed E-state index contributed by atoms with van der Waals surface area (Å²) in [6, 6.07) is 9.48. The van der Waals surface area contributed by atoms with E-state index >= 15 is 0 Å². The fourth-order valence-electron chi connectivity index (χ4n) is 2.35. The Kier molecular flexibility index (Phi) is 4.83. The summed E-state index contributed by atoms with van der Waals surface area (Å²) in [4.78, 5) is 11.8. The van der Waals surface area contributed by atoms with Crippen LogP contribution in [0, 0.1) is 0 Å². The van der Waals surface area contributed by atoms with Crippen LogP contribution in [0.15, 0.2) is 41.0 Å². The lowest BCUT2D eigenvalue weighted by atomic mass is 10.1. The summed E-state index contributed by atoms with van der Waals surface area (Å²) in [6.07, 6.45) is 1.59. The third kappa shape index (κ3) is 4.04. The first-order chi connectivity index (χ1) is 11.2. The monoisotopic (exact) mass is 316 g/mol. The van der Waals surface area contributed by atoms with Crippen molar-refractivity contribution in [2.75, 3.05) is 19.8 Å². The van der Waals surface area contributed by atoms with Crippen LogP contribution in [-0.2, 0) is 11.3 Å². The molecule has 2 N–H and O–H groups in total. The topological polar surface area (TPSA) is 72.7 Å². The molecule has 0 spiro atoms. The van der Waals surface area contributed by atoms with Crippen molar-refractivity contribution in [3.05, 3.63) is 47.9 Å². The minimum Gasteiger partial charge on any atom is -0.486 e. The predicted molar refractivity (Wildman–Crippen MR) is 84.4 cm³/mol. The van der Waals surface area contributed by atoms with Gasteiger partial charge in [-0.25, -0.2) is 0 Å². The largest absolute Gasteiger partial charge is 0.486 e. The Hall–Kier alpha value is -2.47. The maximum absolute atomic E-state index is 11.8. The molecule has 2 aromatic rings. The highest BCUT2D eigenvalue weighted by Gasteiger charge is 2.15. The zero-order valence-electron chi connectivity index (χ0n) is 13.0. The van der Waals surface area contributed by atoms with Gasteiger partial charge in [0.15, 0.2) is 11.5 Å². The maximum Gasteiger partial charge on any atom is 0.234 e. The van der Waals surface area contributed by atoms with E-state index in [4.69, 9.17) is 13.9 Å². The smallest absolute Gasteiger partial charge is 0.234 e. The fraction of sp³-hybridized carbons (Fsp3) is 0.353. The summed E-state index contributed by atoms with van der Waals surface area (Å²) in [7, 11) is 0. The number of hydrogen-bond donors (Lipinski definition) is 2. The van der Waals surface area contributed by atoms with Crippen molar-refractivity contribution >= 4 is 5.91 Å². The SMILES string of the molecule is C[C@@H](NCC(=O)NCc1ccco1)c1ccc2c(c1)OCCO2. The molecule has 0 aliphatic carbocycles. The Morgan fingerprint density at radius 2 is 2.04 bits per heavy atom. The van der Waals surface area contributed by atoms with E-state index in [0.717, 1.165) is 22.8 Å². The lowest BCUT2D eigenvalue weighted by Crippen LogP contribution is -2.34. The third-order valence-corrected chi connectivity index (χ3v) is 3.67. The van der Waals surface area contributed by atoms with Gasteiger partial charge in [-0.05, 0) is 36.8 Å². The van der Waals surface area contributed by atoms with E-state index in [2.05, 4.69) is 10.6 Å². The fourth-order valence-corrected chi connectivity index (χ4v) is 2.35. The van der Waals surface area contributed by atoms with Gasteiger partial charge < -0.3 is 24.5 Å². The Balaban J connectivity index is 1.48. The molecule has 6 heteroatoms. The number of nitrogens with one attached hydrogen (secondary N) is 2. The van der Waals surface area contributed by atoms with Gasteiger partial charge in [0.1, 0.15) is 19.0 Å². The minimum absolute atomic E-state index is 0.0280. The Morgan fingerprint density at radius 3 is 2.83 bits per heavy atom. The molecule has 23 heavy (non-hydrogen) atoms. The van der Waals surface area contributed by atoms with Gasteiger partial charge in [-0.2, -0.15) is 0 Å². The predicted octanol–water partition coefficient (Wildman–Crippen LogP) is 2.02. The van der Waals surface area contributed by atoms with Crippen molar-refractivity contribution in [1.29, 1.82) is 0 Å². The number of ether oxygens (including phenoxy) is 2. The molecule has 3 rings (SSSR count). The Morgan fingerprint density at radius 1 is 1.22 bits per heavy atom. The van der Waals surface area contributed by atoms with Crippen molar-refractivity contribution in [3.63, 3.8) is 0 Å². The molecule has 0 bridgehead atoms. The second kappa shape index (κ2) is 7.19. The Labute approximate surface area is 134 Å². The molecule has 122 valence electrons. The van der Waals surface area contributed by atoms with E-state index in [0.29, 0.717) is 19.8 Å². The highest BCUT2D eigenvalue weighted by Crippen LogP contribution is 2.32. The zero-order valence-corrected chi connectivity index (χ0v) is 13.0. The van der Waals surface area contributed by atoms with Crippen LogP contribution in [0.2, 0.25) is 0 Å². The number of carbonyl (C=O) groups is 1. The molecule has 0 unspecified atom stereocenters. The quantitative estimate of drug-likeness (QED) is 0.853. The summed E-state index contributed by atoms with van der Waals surface area (Å²) in [5, 5.41) is 6.00. The first-order valence-electron chi connectivity index (χ1n) is 7.64. The number of amides is 1. The molecule has 1 amide bonds. The van der Waals surface area contributed by atoms with E-state index in [-0.39, 0.29) is 18.5 Å². The first kappa shape index (κ1) is 15.4. The van der Waals surface area contributed by atoms with E-state index in [1.165, 1.54) is 0 Å². The van der Waals surface area contributed by atoms with Gasteiger partial charge in [0.25, 0.3) is 0 Å². The molecule has 1 aliphatic rings. The van der Waals surface area contributed by atoms with Gasteiger partial charge >= 0.3 is 0 Å². The molecule has 6 nitrogen and oxygen atoms in total. The van der Waals surface area contributed by atoms with Gasteiger partial charge in [-0.15, -0.1) is 0 Å².